The largest absolute Gasteiger partial charge is 0.384 e. The average molecular weight is 688 g/mol. The molecule has 0 heterocycles. The van der Waals surface area contributed by atoms with Crippen molar-refractivity contribution in [2.75, 3.05) is 0 Å². The fourth-order valence-corrected chi connectivity index (χ4v) is 7.72. The van der Waals surface area contributed by atoms with Crippen molar-refractivity contribution in [2.24, 2.45) is 11.5 Å². The number of hydrogen-bond donors (Lipinski definition) is 3. The molecule has 9 rings (SSSR count). The maximum absolute atomic E-state index is 7.01. The van der Waals surface area contributed by atoms with Crippen LogP contribution in [0.15, 0.2) is 176 Å². The van der Waals surface area contributed by atoms with Gasteiger partial charge in [-0.05, 0) is 78.5 Å². The van der Waals surface area contributed by atoms with Crippen molar-refractivity contribution in [2.45, 2.75) is 32.7 Å². The monoisotopic (exact) mass is 687 g/mol. The molecule has 0 spiro atoms. The van der Waals surface area contributed by atoms with Crippen molar-refractivity contribution in [1.82, 2.24) is 0 Å². The van der Waals surface area contributed by atoms with E-state index in [2.05, 4.69) is 148 Å². The normalized spacial score (nSPS) is 12.2. The number of nitrogen functional groups attached to an aromatic ring is 1. The topological polar surface area (TPSA) is 75.9 Å². The number of benzene rings is 8. The highest BCUT2D eigenvalue weighted by molar-refractivity contribution is 6.16. The van der Waals surface area contributed by atoms with Gasteiger partial charge >= 0.3 is 0 Å². The van der Waals surface area contributed by atoms with E-state index in [1.165, 1.54) is 77.2 Å². The fourth-order valence-electron chi connectivity index (χ4n) is 7.72. The molecular formula is C50H45N3. The van der Waals surface area contributed by atoms with Crippen LogP contribution in [0.5, 0.6) is 0 Å². The van der Waals surface area contributed by atoms with Crippen LogP contribution in [0, 0.1) is 12.3 Å². The van der Waals surface area contributed by atoms with Crippen molar-refractivity contribution in [3.8, 4) is 33.4 Å². The van der Waals surface area contributed by atoms with Crippen LogP contribution < -0.4 is 11.5 Å². The molecule has 0 radical (unpaired) electrons. The Balaban J connectivity index is 0.000000225. The minimum atomic E-state index is 0.00190. The summed E-state index contributed by atoms with van der Waals surface area (Å²) in [5.41, 5.74) is 25.4. The highest BCUT2D eigenvalue weighted by atomic mass is 14.7. The first-order valence-electron chi connectivity index (χ1n) is 18.2. The molecule has 0 unspecified atom stereocenters. The Labute approximate surface area is 313 Å². The number of rotatable bonds is 4. The Bertz CT molecular complexity index is 2530. The minimum Gasteiger partial charge on any atom is -0.384 e. The number of nitrogens with one attached hydrogen (secondary N) is 1. The van der Waals surface area contributed by atoms with Crippen molar-refractivity contribution >= 4 is 27.4 Å². The zero-order valence-electron chi connectivity index (χ0n) is 30.6. The molecule has 0 amide bonds. The summed E-state index contributed by atoms with van der Waals surface area (Å²) in [4.78, 5) is 0. The number of hydrogen-bond acceptors (Lipinski definition) is 2. The zero-order valence-corrected chi connectivity index (χ0v) is 30.6. The van der Waals surface area contributed by atoms with E-state index in [4.69, 9.17) is 16.9 Å². The van der Waals surface area contributed by atoms with Gasteiger partial charge in [-0.3, -0.25) is 5.41 Å². The Kier molecular flexibility index (Phi) is 10.0. The molecule has 0 saturated carbocycles. The molecule has 5 N–H and O–H groups in total. The SMILES string of the molecule is CC1(C)c2ccccc2-c2c(-c3ccc(-c4c(CN)c5ccccc5c5ccccc45)cc3)cccc21.Cc1ccccc1.N=C(N)c1ccccc1. The molecule has 0 saturated heterocycles. The van der Waals surface area contributed by atoms with Gasteiger partial charge in [0, 0.05) is 17.5 Å². The smallest absolute Gasteiger partial charge is 0.122 e. The van der Waals surface area contributed by atoms with Gasteiger partial charge < -0.3 is 11.5 Å². The molecule has 1 aliphatic carbocycles. The molecule has 0 aliphatic heterocycles. The summed E-state index contributed by atoms with van der Waals surface area (Å²) in [6.45, 7) is 7.26. The van der Waals surface area contributed by atoms with Gasteiger partial charge in [0.15, 0.2) is 0 Å². The van der Waals surface area contributed by atoms with Gasteiger partial charge in [-0.15, -0.1) is 0 Å². The van der Waals surface area contributed by atoms with E-state index in [1.807, 2.05) is 48.5 Å². The second-order valence-electron chi connectivity index (χ2n) is 14.1. The summed E-state index contributed by atoms with van der Waals surface area (Å²) in [5, 5.41) is 12.0. The predicted molar refractivity (Wildman–Crippen MR) is 226 cm³/mol. The van der Waals surface area contributed by atoms with E-state index in [1.54, 1.807) is 0 Å². The summed E-state index contributed by atoms with van der Waals surface area (Å²) >= 11 is 0. The molecule has 8 aromatic rings. The number of aryl methyl sites for hydroxylation is 1. The molecule has 3 heteroatoms. The van der Waals surface area contributed by atoms with Gasteiger partial charge in [-0.25, -0.2) is 0 Å². The van der Waals surface area contributed by atoms with E-state index in [9.17, 15) is 0 Å². The molecule has 1 aliphatic rings. The molecule has 3 nitrogen and oxygen atoms in total. The Hall–Kier alpha value is -6.29. The lowest BCUT2D eigenvalue weighted by Crippen LogP contribution is -2.14. The summed E-state index contributed by atoms with van der Waals surface area (Å²) in [6.07, 6.45) is 0. The fraction of sp³-hybridized carbons (Fsp3) is 0.100. The Morgan fingerprint density at radius 2 is 0.981 bits per heavy atom. The van der Waals surface area contributed by atoms with E-state index in [-0.39, 0.29) is 11.3 Å². The first kappa shape index (κ1) is 35.1. The molecule has 53 heavy (non-hydrogen) atoms. The molecule has 8 aromatic carbocycles. The van der Waals surface area contributed by atoms with E-state index in [0.717, 1.165) is 5.56 Å². The third-order valence-corrected chi connectivity index (χ3v) is 10.4. The van der Waals surface area contributed by atoms with Crippen LogP contribution in [0.4, 0.5) is 0 Å². The van der Waals surface area contributed by atoms with Gasteiger partial charge in [-0.2, -0.15) is 0 Å². The summed E-state index contributed by atoms with van der Waals surface area (Å²) < 4.78 is 0. The lowest BCUT2D eigenvalue weighted by molar-refractivity contribution is 0.660. The zero-order chi connectivity index (χ0) is 37.0. The van der Waals surface area contributed by atoms with Crippen LogP contribution in [0.25, 0.3) is 54.9 Å². The van der Waals surface area contributed by atoms with E-state index in [0.29, 0.717) is 6.54 Å². The standard InChI is InChI=1S/C36H29N.C7H8N2.C7H8/c1-36(2)32-16-8-7-14-30(32)35-25(15-9-17-33(35)36)23-18-20-24(21-19-23)34-29-13-6-5-11-27(29)26-10-3-4-12-28(26)31(34)22-37;8-7(9)6-4-2-1-3-5-6;1-7-5-3-2-4-6-7/h3-21H,22,37H2,1-2H3;1-5H,(H3,8,9);2-6H,1H3. The third kappa shape index (κ3) is 6.87. The van der Waals surface area contributed by atoms with Crippen LogP contribution in [0.3, 0.4) is 0 Å². The van der Waals surface area contributed by atoms with E-state index < -0.39 is 0 Å². The number of amidine groups is 1. The first-order chi connectivity index (χ1) is 25.8. The van der Waals surface area contributed by atoms with Crippen LogP contribution >= 0.6 is 0 Å². The van der Waals surface area contributed by atoms with Gasteiger partial charge in [0.25, 0.3) is 0 Å². The van der Waals surface area contributed by atoms with Crippen molar-refractivity contribution in [1.29, 1.82) is 5.41 Å². The second kappa shape index (κ2) is 15.1. The maximum atomic E-state index is 7.01. The number of nitrogens with two attached hydrogens (primary N) is 2. The predicted octanol–water partition coefficient (Wildman–Crippen LogP) is 12.1. The summed E-state index contributed by atoms with van der Waals surface area (Å²) in [5.74, 6) is 0.121. The van der Waals surface area contributed by atoms with E-state index >= 15 is 0 Å². The van der Waals surface area contributed by atoms with Crippen molar-refractivity contribution in [3.63, 3.8) is 0 Å². The number of fused-ring (bicyclic) bond motifs is 6. The van der Waals surface area contributed by atoms with Crippen LogP contribution in [-0.4, -0.2) is 5.84 Å². The first-order valence-corrected chi connectivity index (χ1v) is 18.2. The molecular weight excluding hydrogens is 643 g/mol. The van der Waals surface area contributed by atoms with Gasteiger partial charge in [-0.1, -0.05) is 195 Å². The third-order valence-electron chi connectivity index (χ3n) is 10.4. The van der Waals surface area contributed by atoms with Crippen LogP contribution in [0.2, 0.25) is 0 Å². The molecule has 0 fully saturated rings. The second-order valence-corrected chi connectivity index (χ2v) is 14.1. The van der Waals surface area contributed by atoms with Gasteiger partial charge in [0.2, 0.25) is 0 Å². The lowest BCUT2D eigenvalue weighted by Gasteiger charge is -2.21. The molecule has 0 atom stereocenters. The van der Waals surface area contributed by atoms with Gasteiger partial charge in [0.1, 0.15) is 5.84 Å². The highest BCUT2D eigenvalue weighted by Crippen LogP contribution is 2.52. The lowest BCUT2D eigenvalue weighted by atomic mass is 9.82. The Morgan fingerprint density at radius 3 is 1.57 bits per heavy atom. The van der Waals surface area contributed by atoms with Crippen LogP contribution in [-0.2, 0) is 12.0 Å². The summed E-state index contributed by atoms with van der Waals surface area (Å²) in [6, 6.07) is 61.6. The van der Waals surface area contributed by atoms with Gasteiger partial charge in [0.05, 0.1) is 0 Å². The molecule has 260 valence electrons. The molecule has 0 bridgehead atoms. The van der Waals surface area contributed by atoms with Crippen molar-refractivity contribution in [3.05, 3.63) is 204 Å². The van der Waals surface area contributed by atoms with Crippen LogP contribution in [0.1, 0.15) is 41.7 Å². The maximum Gasteiger partial charge on any atom is 0.122 e. The molecule has 0 aromatic heterocycles. The summed E-state index contributed by atoms with van der Waals surface area (Å²) in [7, 11) is 0. The minimum absolute atomic E-state index is 0.00190. The average Bonchev–Trinajstić information content (AvgIpc) is 3.44. The quantitative estimate of drug-likeness (QED) is 0.0978. The Morgan fingerprint density at radius 1 is 0.491 bits per heavy atom. The van der Waals surface area contributed by atoms with Crippen molar-refractivity contribution < 1.29 is 0 Å². The highest BCUT2D eigenvalue weighted by Gasteiger charge is 2.36.